The van der Waals surface area contributed by atoms with E-state index in [0.29, 0.717) is 26.1 Å². The van der Waals surface area contributed by atoms with Crippen molar-refractivity contribution >= 4 is 11.9 Å². The first-order chi connectivity index (χ1) is 26.1. The Labute approximate surface area is 334 Å². The van der Waals surface area contributed by atoms with E-state index in [4.69, 9.17) is 9.47 Å². The highest BCUT2D eigenvalue weighted by Crippen LogP contribution is 2.23. The summed E-state index contributed by atoms with van der Waals surface area (Å²) in [6.45, 7) is 20.5. The largest absolute Gasteiger partial charge is 0.466 e. The van der Waals surface area contributed by atoms with Crippen LogP contribution in [0.25, 0.3) is 0 Å². The van der Waals surface area contributed by atoms with Crippen molar-refractivity contribution < 1.29 is 19.1 Å². The number of carbonyl (C=O) groups excluding carboxylic acids is 2. The molecule has 0 unspecified atom stereocenters. The Balaban J connectivity index is -0.00000602. The average Bonchev–Trinajstić information content (AvgIpc) is 3.18. The van der Waals surface area contributed by atoms with Gasteiger partial charge in [-0.25, -0.2) is 0 Å². The average molecular weight is 754 g/mol. The van der Waals surface area contributed by atoms with Crippen molar-refractivity contribution in [3.63, 3.8) is 0 Å². The second-order valence-electron chi connectivity index (χ2n) is 15.2. The van der Waals surface area contributed by atoms with Gasteiger partial charge in [-0.2, -0.15) is 0 Å². The molecule has 0 aromatic carbocycles. The third-order valence-corrected chi connectivity index (χ3v) is 10.4. The number of hydrogen-bond donors (Lipinski definition) is 1. The maximum atomic E-state index is 12.1. The highest BCUT2D eigenvalue weighted by atomic mass is 16.5. The molecular formula is C48H99NO4. The Hall–Kier alpha value is -1.10. The Bertz CT molecular complexity index is 608. The SMILES string of the molecule is CC.CC.CCCCCC(CCCCC)CCCOC(=O)CCCCCCCNCCCCCCCC(=O)OCCCC(CCCCC)CCCCC. The first-order valence-corrected chi connectivity index (χ1v) is 24.1. The molecule has 0 rings (SSSR count). The topological polar surface area (TPSA) is 64.6 Å². The van der Waals surface area contributed by atoms with Crippen LogP contribution in [-0.4, -0.2) is 38.2 Å². The molecule has 0 heterocycles. The van der Waals surface area contributed by atoms with Crippen molar-refractivity contribution in [2.45, 2.75) is 261 Å². The van der Waals surface area contributed by atoms with Crippen LogP contribution < -0.4 is 5.32 Å². The summed E-state index contributed by atoms with van der Waals surface area (Å²) in [5, 5.41) is 3.58. The van der Waals surface area contributed by atoms with Crippen LogP contribution in [0, 0.1) is 11.8 Å². The van der Waals surface area contributed by atoms with E-state index >= 15 is 0 Å². The molecule has 0 aromatic heterocycles. The van der Waals surface area contributed by atoms with E-state index in [2.05, 4.69) is 33.0 Å². The summed E-state index contributed by atoms with van der Waals surface area (Å²) in [5.41, 5.74) is 0. The zero-order chi connectivity index (χ0) is 39.9. The van der Waals surface area contributed by atoms with Crippen LogP contribution in [0.3, 0.4) is 0 Å². The fourth-order valence-electron chi connectivity index (χ4n) is 7.08. The minimum Gasteiger partial charge on any atom is -0.466 e. The highest BCUT2D eigenvalue weighted by Gasteiger charge is 2.11. The van der Waals surface area contributed by atoms with E-state index in [1.807, 2.05) is 27.7 Å². The molecular weight excluding hydrogens is 655 g/mol. The summed E-state index contributed by atoms with van der Waals surface area (Å²) in [6.07, 6.45) is 38.4. The van der Waals surface area contributed by atoms with Crippen LogP contribution in [-0.2, 0) is 19.1 Å². The van der Waals surface area contributed by atoms with E-state index < -0.39 is 0 Å². The van der Waals surface area contributed by atoms with Gasteiger partial charge in [-0.1, -0.05) is 197 Å². The lowest BCUT2D eigenvalue weighted by atomic mass is 9.91. The van der Waals surface area contributed by atoms with Gasteiger partial charge in [0.1, 0.15) is 0 Å². The first kappa shape index (κ1) is 56.2. The number of ether oxygens (including phenoxy) is 2. The molecule has 0 aliphatic rings. The number of hydrogen-bond acceptors (Lipinski definition) is 5. The lowest BCUT2D eigenvalue weighted by Gasteiger charge is -2.16. The molecule has 0 amide bonds. The quantitative estimate of drug-likeness (QED) is 0.0499. The number of unbranched alkanes of at least 4 members (excludes halogenated alkanes) is 16. The monoisotopic (exact) mass is 754 g/mol. The smallest absolute Gasteiger partial charge is 0.305 e. The number of carbonyl (C=O) groups is 2. The molecule has 0 radical (unpaired) electrons. The first-order valence-electron chi connectivity index (χ1n) is 24.1. The lowest BCUT2D eigenvalue weighted by molar-refractivity contribution is -0.144. The molecule has 0 bridgehead atoms. The third-order valence-electron chi connectivity index (χ3n) is 10.4. The summed E-state index contributed by atoms with van der Waals surface area (Å²) in [6, 6.07) is 0. The van der Waals surface area contributed by atoms with Crippen LogP contribution in [0.15, 0.2) is 0 Å². The van der Waals surface area contributed by atoms with Crippen LogP contribution in [0.2, 0.25) is 0 Å². The van der Waals surface area contributed by atoms with Gasteiger partial charge in [0.2, 0.25) is 0 Å². The van der Waals surface area contributed by atoms with Crippen LogP contribution in [0.4, 0.5) is 0 Å². The van der Waals surface area contributed by atoms with Crippen LogP contribution in [0.1, 0.15) is 261 Å². The number of rotatable bonds is 40. The Morgan fingerprint density at radius 2 is 0.660 bits per heavy atom. The third kappa shape index (κ3) is 47.0. The molecule has 0 spiro atoms. The van der Waals surface area contributed by atoms with Gasteiger partial charge >= 0.3 is 11.9 Å². The minimum absolute atomic E-state index is 0.00000289. The predicted octanol–water partition coefficient (Wildman–Crippen LogP) is 15.5. The number of nitrogens with one attached hydrogen (secondary N) is 1. The standard InChI is InChI=1S/C44H87NO4.2C2H6/c1-5-9-19-29-41(30-20-10-6-2)33-27-39-48-43(46)35-23-15-13-17-25-37-45-38-26-18-14-16-24-36-44(47)49-40-28-34-42(31-21-11-7-3)32-22-12-8-4;2*1-2/h41-42,45H,5-40H2,1-4H3;2*1-2H3. The minimum atomic E-state index is 0.00000289. The van der Waals surface area contributed by atoms with Crippen LogP contribution in [0.5, 0.6) is 0 Å². The second-order valence-corrected chi connectivity index (χ2v) is 15.2. The van der Waals surface area contributed by atoms with Crippen molar-refractivity contribution in [3.8, 4) is 0 Å². The van der Waals surface area contributed by atoms with Gasteiger partial charge in [0.25, 0.3) is 0 Å². The van der Waals surface area contributed by atoms with Crippen molar-refractivity contribution in [1.82, 2.24) is 5.32 Å². The van der Waals surface area contributed by atoms with E-state index in [-0.39, 0.29) is 11.9 Å². The normalized spacial score (nSPS) is 10.9. The summed E-state index contributed by atoms with van der Waals surface area (Å²) in [5.74, 6) is 1.64. The molecule has 320 valence electrons. The summed E-state index contributed by atoms with van der Waals surface area (Å²) >= 11 is 0. The Kier molecular flexibility index (Phi) is 54.0. The molecule has 0 aliphatic heterocycles. The fraction of sp³-hybridized carbons (Fsp3) is 0.958. The van der Waals surface area contributed by atoms with E-state index in [9.17, 15) is 9.59 Å². The molecule has 0 aromatic rings. The van der Waals surface area contributed by atoms with E-state index in [0.717, 1.165) is 63.5 Å². The van der Waals surface area contributed by atoms with Crippen molar-refractivity contribution in [1.29, 1.82) is 0 Å². The van der Waals surface area contributed by atoms with Gasteiger partial charge in [-0.15, -0.1) is 0 Å². The second kappa shape index (κ2) is 50.9. The fourth-order valence-corrected chi connectivity index (χ4v) is 7.08. The highest BCUT2D eigenvalue weighted by molar-refractivity contribution is 5.69. The zero-order valence-corrected chi connectivity index (χ0v) is 37.7. The lowest BCUT2D eigenvalue weighted by Crippen LogP contribution is -2.16. The molecule has 0 saturated heterocycles. The van der Waals surface area contributed by atoms with Crippen molar-refractivity contribution in [2.75, 3.05) is 26.3 Å². The van der Waals surface area contributed by atoms with Gasteiger partial charge in [-0.05, 0) is 76.3 Å². The Morgan fingerprint density at radius 3 is 0.981 bits per heavy atom. The summed E-state index contributed by atoms with van der Waals surface area (Å²) < 4.78 is 11.1. The molecule has 0 fully saturated rings. The maximum Gasteiger partial charge on any atom is 0.305 e. The maximum absolute atomic E-state index is 12.1. The predicted molar refractivity (Wildman–Crippen MR) is 235 cm³/mol. The van der Waals surface area contributed by atoms with Gasteiger partial charge in [0, 0.05) is 12.8 Å². The van der Waals surface area contributed by atoms with E-state index in [1.165, 1.54) is 154 Å². The molecule has 1 N–H and O–H groups in total. The molecule has 5 nitrogen and oxygen atoms in total. The molecule has 0 aliphatic carbocycles. The molecule has 53 heavy (non-hydrogen) atoms. The molecule has 5 heteroatoms. The zero-order valence-electron chi connectivity index (χ0n) is 37.7. The van der Waals surface area contributed by atoms with Gasteiger partial charge in [0.05, 0.1) is 13.2 Å². The van der Waals surface area contributed by atoms with E-state index in [1.54, 1.807) is 0 Å². The summed E-state index contributed by atoms with van der Waals surface area (Å²) in [7, 11) is 0. The number of esters is 2. The molecule has 0 saturated carbocycles. The van der Waals surface area contributed by atoms with Gasteiger partial charge in [0.15, 0.2) is 0 Å². The van der Waals surface area contributed by atoms with Gasteiger partial charge < -0.3 is 14.8 Å². The summed E-state index contributed by atoms with van der Waals surface area (Å²) in [4.78, 5) is 24.3. The Morgan fingerprint density at radius 1 is 0.377 bits per heavy atom. The van der Waals surface area contributed by atoms with Crippen molar-refractivity contribution in [3.05, 3.63) is 0 Å². The molecule has 0 atom stereocenters. The van der Waals surface area contributed by atoms with Crippen LogP contribution >= 0.6 is 0 Å². The van der Waals surface area contributed by atoms with Crippen molar-refractivity contribution in [2.24, 2.45) is 11.8 Å². The van der Waals surface area contributed by atoms with Gasteiger partial charge in [-0.3, -0.25) is 9.59 Å².